The van der Waals surface area contributed by atoms with Crippen molar-refractivity contribution in [2.45, 2.75) is 96.8 Å². The van der Waals surface area contributed by atoms with Crippen LogP contribution < -0.4 is 0 Å². The van der Waals surface area contributed by atoms with E-state index in [1.807, 2.05) is 0 Å². The van der Waals surface area contributed by atoms with E-state index >= 15 is 0 Å². The van der Waals surface area contributed by atoms with Gasteiger partial charge in [0.2, 0.25) is 5.91 Å². The van der Waals surface area contributed by atoms with E-state index in [0.717, 1.165) is 30.2 Å². The number of carboxylic acid groups (broad SMARTS) is 1. The van der Waals surface area contributed by atoms with Gasteiger partial charge in [-0.3, -0.25) is 19.3 Å². The normalized spacial score (nSPS) is 10.5. The summed E-state index contributed by atoms with van der Waals surface area (Å²) in [5, 5.41) is 8.71. The molecular weight excluding hydrogens is 330 g/mol. The average Bonchev–Trinajstić information content (AvgIpc) is 2.62. The van der Waals surface area contributed by atoms with Gasteiger partial charge in [0.25, 0.3) is 5.91 Å². The monoisotopic (exact) mass is 367 g/mol. The topological polar surface area (TPSA) is 74.7 Å². The molecule has 0 rings (SSSR count). The molecule has 150 valence electrons. The summed E-state index contributed by atoms with van der Waals surface area (Å²) in [4.78, 5) is 35.4. The lowest BCUT2D eigenvalue weighted by Gasteiger charge is -2.18. The summed E-state index contributed by atoms with van der Waals surface area (Å²) < 4.78 is 0. The number of carbonyl (C=O) groups excluding carboxylic acids is 2. The van der Waals surface area contributed by atoms with Crippen LogP contribution in [0.5, 0.6) is 0 Å². The van der Waals surface area contributed by atoms with Crippen LogP contribution in [0, 0.1) is 0 Å². The maximum absolute atomic E-state index is 12.1. The molecule has 0 heterocycles. The van der Waals surface area contributed by atoms with Crippen molar-refractivity contribution in [3.8, 4) is 0 Å². The Morgan fingerprint density at radius 3 is 1.69 bits per heavy atom. The predicted molar refractivity (Wildman–Crippen MR) is 105 cm³/mol. The van der Waals surface area contributed by atoms with Crippen molar-refractivity contribution in [3.63, 3.8) is 0 Å². The Morgan fingerprint density at radius 1 is 0.808 bits per heavy atom. The van der Waals surface area contributed by atoms with Crippen molar-refractivity contribution in [2.75, 3.05) is 6.54 Å². The standard InChI is InChI=1S/C21H37NO4/c1-3-5-6-7-8-9-10-11-12-13-14-15-16-20(24)22(19(23)4-2)18-17-21(25)26/h4H,2-3,5-18H2,1H3,(H,25,26). The van der Waals surface area contributed by atoms with Crippen LogP contribution in [0.15, 0.2) is 12.7 Å². The summed E-state index contributed by atoms with van der Waals surface area (Å²) in [7, 11) is 0. The third-order valence-electron chi connectivity index (χ3n) is 4.54. The highest BCUT2D eigenvalue weighted by molar-refractivity contribution is 6.00. The number of nitrogens with zero attached hydrogens (tertiary/aromatic N) is 1. The molecule has 0 spiro atoms. The van der Waals surface area contributed by atoms with E-state index in [-0.39, 0.29) is 25.3 Å². The molecule has 2 amide bonds. The third kappa shape index (κ3) is 13.6. The van der Waals surface area contributed by atoms with Crippen LogP contribution in [-0.2, 0) is 14.4 Å². The summed E-state index contributed by atoms with van der Waals surface area (Å²) in [5.41, 5.74) is 0. The van der Waals surface area contributed by atoms with Crippen LogP contribution in [0.1, 0.15) is 96.8 Å². The summed E-state index contributed by atoms with van der Waals surface area (Å²) in [6, 6.07) is 0. The summed E-state index contributed by atoms with van der Waals surface area (Å²) in [6.45, 7) is 5.51. The van der Waals surface area contributed by atoms with E-state index in [9.17, 15) is 14.4 Å². The molecule has 0 radical (unpaired) electrons. The fraction of sp³-hybridized carbons (Fsp3) is 0.762. The highest BCUT2D eigenvalue weighted by atomic mass is 16.4. The fourth-order valence-corrected chi connectivity index (χ4v) is 2.93. The number of unbranched alkanes of at least 4 members (excludes halogenated alkanes) is 11. The Labute approximate surface area is 158 Å². The van der Waals surface area contributed by atoms with E-state index < -0.39 is 11.9 Å². The van der Waals surface area contributed by atoms with Gasteiger partial charge in [-0.05, 0) is 12.5 Å². The molecule has 0 saturated heterocycles. The summed E-state index contributed by atoms with van der Waals surface area (Å²) in [5.74, 6) is -1.84. The Morgan fingerprint density at radius 2 is 1.27 bits per heavy atom. The molecule has 0 atom stereocenters. The zero-order valence-corrected chi connectivity index (χ0v) is 16.5. The average molecular weight is 368 g/mol. The van der Waals surface area contributed by atoms with Crippen molar-refractivity contribution in [1.29, 1.82) is 0 Å². The molecule has 0 fully saturated rings. The molecule has 1 N–H and O–H groups in total. The molecule has 0 aromatic rings. The maximum Gasteiger partial charge on any atom is 0.305 e. The van der Waals surface area contributed by atoms with Crippen molar-refractivity contribution in [1.82, 2.24) is 4.90 Å². The lowest BCUT2D eigenvalue weighted by atomic mass is 10.0. The van der Waals surface area contributed by atoms with Gasteiger partial charge in [-0.25, -0.2) is 0 Å². The largest absolute Gasteiger partial charge is 0.481 e. The fourth-order valence-electron chi connectivity index (χ4n) is 2.93. The van der Waals surface area contributed by atoms with Crippen LogP contribution >= 0.6 is 0 Å². The first-order valence-electron chi connectivity index (χ1n) is 10.2. The Balaban J connectivity index is 3.71. The first-order chi connectivity index (χ1) is 12.5. The molecule has 5 heteroatoms. The molecule has 0 aromatic heterocycles. The number of carbonyl (C=O) groups is 3. The Bertz CT molecular complexity index is 420. The van der Waals surface area contributed by atoms with E-state index in [1.165, 1.54) is 57.8 Å². The number of carboxylic acids is 1. The molecule has 5 nitrogen and oxygen atoms in total. The molecule has 0 saturated carbocycles. The zero-order valence-electron chi connectivity index (χ0n) is 16.5. The van der Waals surface area contributed by atoms with Crippen molar-refractivity contribution in [2.24, 2.45) is 0 Å². The minimum Gasteiger partial charge on any atom is -0.481 e. The van der Waals surface area contributed by atoms with Crippen LogP contribution in [0.2, 0.25) is 0 Å². The number of imide groups is 1. The Kier molecular flexibility index (Phi) is 15.7. The second-order valence-corrected chi connectivity index (χ2v) is 6.87. The first-order valence-corrected chi connectivity index (χ1v) is 10.2. The van der Waals surface area contributed by atoms with E-state index in [4.69, 9.17) is 5.11 Å². The first kappa shape index (κ1) is 24.4. The number of amides is 2. The number of hydrogen-bond donors (Lipinski definition) is 1. The van der Waals surface area contributed by atoms with Gasteiger partial charge in [0.05, 0.1) is 6.42 Å². The van der Waals surface area contributed by atoms with E-state index in [0.29, 0.717) is 0 Å². The second-order valence-electron chi connectivity index (χ2n) is 6.87. The maximum atomic E-state index is 12.1. The summed E-state index contributed by atoms with van der Waals surface area (Å²) in [6.07, 6.45) is 15.7. The molecular formula is C21H37NO4. The minimum atomic E-state index is -1.02. The van der Waals surface area contributed by atoms with Crippen LogP contribution in [0.3, 0.4) is 0 Å². The molecule has 0 bridgehead atoms. The highest BCUT2D eigenvalue weighted by Crippen LogP contribution is 2.13. The smallest absolute Gasteiger partial charge is 0.305 e. The Hall–Kier alpha value is -1.65. The van der Waals surface area contributed by atoms with Gasteiger partial charge in [-0.1, -0.05) is 84.1 Å². The molecule has 26 heavy (non-hydrogen) atoms. The quantitative estimate of drug-likeness (QED) is 0.287. The van der Waals surface area contributed by atoms with Crippen LogP contribution in [0.4, 0.5) is 0 Å². The van der Waals surface area contributed by atoms with Gasteiger partial charge in [-0.15, -0.1) is 0 Å². The predicted octanol–water partition coefficient (Wildman–Crippen LogP) is 5.09. The highest BCUT2D eigenvalue weighted by Gasteiger charge is 2.19. The van der Waals surface area contributed by atoms with Crippen LogP contribution in [-0.4, -0.2) is 34.3 Å². The van der Waals surface area contributed by atoms with Gasteiger partial charge in [0.15, 0.2) is 0 Å². The SMILES string of the molecule is C=CC(=O)N(CCC(=O)O)C(=O)CCCCCCCCCCCCCC. The molecule has 0 unspecified atom stereocenters. The number of rotatable bonds is 17. The van der Waals surface area contributed by atoms with Gasteiger partial charge < -0.3 is 5.11 Å². The lowest BCUT2D eigenvalue weighted by molar-refractivity contribution is -0.143. The van der Waals surface area contributed by atoms with Crippen molar-refractivity contribution < 1.29 is 19.5 Å². The van der Waals surface area contributed by atoms with Gasteiger partial charge >= 0.3 is 5.97 Å². The van der Waals surface area contributed by atoms with Crippen molar-refractivity contribution >= 4 is 17.8 Å². The second kappa shape index (κ2) is 16.8. The molecule has 0 aliphatic rings. The number of hydrogen-bond acceptors (Lipinski definition) is 3. The van der Waals surface area contributed by atoms with E-state index in [1.54, 1.807) is 0 Å². The van der Waals surface area contributed by atoms with Gasteiger partial charge in [-0.2, -0.15) is 0 Å². The molecule has 0 aliphatic carbocycles. The van der Waals surface area contributed by atoms with Gasteiger partial charge in [0.1, 0.15) is 0 Å². The zero-order chi connectivity index (χ0) is 19.6. The number of aliphatic carboxylic acids is 1. The van der Waals surface area contributed by atoms with Crippen molar-refractivity contribution in [3.05, 3.63) is 12.7 Å². The molecule has 0 aliphatic heterocycles. The van der Waals surface area contributed by atoms with E-state index in [2.05, 4.69) is 13.5 Å². The minimum absolute atomic E-state index is 0.0860. The lowest BCUT2D eigenvalue weighted by Crippen LogP contribution is -2.37. The third-order valence-corrected chi connectivity index (χ3v) is 4.54. The summed E-state index contributed by atoms with van der Waals surface area (Å²) >= 11 is 0. The molecule has 0 aromatic carbocycles. The van der Waals surface area contributed by atoms with Crippen LogP contribution in [0.25, 0.3) is 0 Å². The van der Waals surface area contributed by atoms with Gasteiger partial charge in [0, 0.05) is 13.0 Å².